The molecule has 2 amide bonds. The van der Waals surface area contributed by atoms with Gasteiger partial charge in [0, 0.05) is 11.5 Å². The van der Waals surface area contributed by atoms with Gasteiger partial charge in [0.25, 0.3) is 5.91 Å². The Balaban J connectivity index is 1.46. The standard InChI is InChI=1S/C18H19ClN6O4S3/c1-7-11(19)4-20-25(7)8(2)14(26)21-12-15(27)24-13(17(28)29)10(5-30-16(12)24)6-31-18-23-22-9(3)32-18/h4,8,12,16H,5-6H2,1-3H3,(H,21,26)(H,28,29)/t8-,12+,16+/m1/s1. The Morgan fingerprint density at radius 3 is 2.75 bits per heavy atom. The molecule has 0 bridgehead atoms. The summed E-state index contributed by atoms with van der Waals surface area (Å²) in [6, 6.07) is -1.47. The second kappa shape index (κ2) is 9.04. The molecule has 2 aliphatic heterocycles. The molecule has 0 aromatic carbocycles. The average Bonchev–Trinajstić information content (AvgIpc) is 3.33. The largest absolute Gasteiger partial charge is 0.477 e. The number of carbonyl (C=O) groups excluding carboxylic acids is 2. The third-order valence-electron chi connectivity index (χ3n) is 5.16. The number of nitrogens with zero attached hydrogens (tertiary/aromatic N) is 5. The molecular weight excluding hydrogens is 496 g/mol. The molecule has 2 aromatic rings. The molecule has 3 atom stereocenters. The lowest BCUT2D eigenvalue weighted by Crippen LogP contribution is -2.71. The van der Waals surface area contributed by atoms with Gasteiger partial charge in [-0.25, -0.2) is 4.79 Å². The predicted octanol–water partition coefficient (Wildman–Crippen LogP) is 2.10. The van der Waals surface area contributed by atoms with Crippen LogP contribution in [0, 0.1) is 13.8 Å². The van der Waals surface area contributed by atoms with E-state index in [1.807, 2.05) is 6.92 Å². The van der Waals surface area contributed by atoms with Crippen LogP contribution >= 0.6 is 46.5 Å². The Morgan fingerprint density at radius 1 is 1.41 bits per heavy atom. The number of aliphatic carboxylic acids is 1. The van der Waals surface area contributed by atoms with Gasteiger partial charge >= 0.3 is 5.97 Å². The quantitative estimate of drug-likeness (QED) is 0.421. The van der Waals surface area contributed by atoms with Crippen molar-refractivity contribution in [3.8, 4) is 0 Å². The van der Waals surface area contributed by atoms with Crippen LogP contribution < -0.4 is 5.32 Å². The van der Waals surface area contributed by atoms with Gasteiger partial charge in [0.1, 0.15) is 28.2 Å². The highest BCUT2D eigenvalue weighted by Crippen LogP contribution is 2.42. The second-order valence-electron chi connectivity index (χ2n) is 7.23. The van der Waals surface area contributed by atoms with Crippen LogP contribution in [-0.2, 0) is 14.4 Å². The van der Waals surface area contributed by atoms with Gasteiger partial charge in [-0.05, 0) is 26.3 Å². The molecule has 0 unspecified atom stereocenters. The summed E-state index contributed by atoms with van der Waals surface area (Å²) in [5.74, 6) is -1.15. The van der Waals surface area contributed by atoms with Crippen LogP contribution in [0.25, 0.3) is 0 Å². The van der Waals surface area contributed by atoms with Gasteiger partial charge in [0.2, 0.25) is 5.91 Å². The third kappa shape index (κ3) is 4.14. The Kier molecular flexibility index (Phi) is 6.52. The molecule has 10 nitrogen and oxygen atoms in total. The zero-order valence-corrected chi connectivity index (χ0v) is 20.4. The van der Waals surface area contributed by atoms with Gasteiger partial charge < -0.3 is 10.4 Å². The van der Waals surface area contributed by atoms with Gasteiger partial charge in [-0.3, -0.25) is 19.2 Å². The number of aromatic nitrogens is 4. The van der Waals surface area contributed by atoms with E-state index in [1.165, 1.54) is 50.6 Å². The lowest BCUT2D eigenvalue weighted by molar-refractivity contribution is -0.151. The number of amides is 2. The van der Waals surface area contributed by atoms with E-state index in [-0.39, 0.29) is 11.6 Å². The molecule has 4 heterocycles. The van der Waals surface area contributed by atoms with Crippen molar-refractivity contribution in [1.82, 2.24) is 30.2 Å². The van der Waals surface area contributed by atoms with Crippen molar-refractivity contribution in [3.05, 3.63) is 33.2 Å². The molecular formula is C18H19ClN6O4S3. The second-order valence-corrected chi connectivity index (χ2v) is 11.1. The molecule has 1 saturated heterocycles. The lowest BCUT2D eigenvalue weighted by atomic mass is 10.0. The van der Waals surface area contributed by atoms with E-state index in [4.69, 9.17) is 11.6 Å². The highest BCUT2D eigenvalue weighted by Gasteiger charge is 2.54. The zero-order valence-electron chi connectivity index (χ0n) is 17.2. The molecule has 2 N–H and O–H groups in total. The van der Waals surface area contributed by atoms with Gasteiger partial charge in [-0.15, -0.1) is 22.0 Å². The Labute approximate surface area is 200 Å². The monoisotopic (exact) mass is 514 g/mol. The molecule has 4 rings (SSSR count). The van der Waals surface area contributed by atoms with Crippen LogP contribution in [0.2, 0.25) is 5.02 Å². The maximum atomic E-state index is 12.8. The number of thioether (sulfide) groups is 2. The van der Waals surface area contributed by atoms with Crippen LogP contribution in [0.1, 0.15) is 23.7 Å². The van der Waals surface area contributed by atoms with Gasteiger partial charge in [0.15, 0.2) is 4.34 Å². The highest BCUT2D eigenvalue weighted by atomic mass is 35.5. The number of nitrogens with one attached hydrogen (secondary N) is 1. The van der Waals surface area contributed by atoms with Gasteiger partial charge in [-0.1, -0.05) is 34.7 Å². The summed E-state index contributed by atoms with van der Waals surface area (Å²) in [6.45, 7) is 5.26. The van der Waals surface area contributed by atoms with E-state index in [9.17, 15) is 19.5 Å². The third-order valence-corrected chi connectivity index (χ3v) is 8.93. The SMILES string of the molecule is Cc1nnc(SCC2=C(C(=O)O)N3C(=O)[C@H](NC(=O)[C@@H](C)n4ncc(Cl)c4C)[C@@H]3SC2)s1. The van der Waals surface area contributed by atoms with Gasteiger partial charge in [0.05, 0.1) is 16.9 Å². The summed E-state index contributed by atoms with van der Waals surface area (Å²) < 4.78 is 2.23. The van der Waals surface area contributed by atoms with E-state index in [1.54, 1.807) is 13.8 Å². The Morgan fingerprint density at radius 2 is 2.16 bits per heavy atom. The number of hydrogen-bond acceptors (Lipinski definition) is 9. The lowest BCUT2D eigenvalue weighted by Gasteiger charge is -2.49. The van der Waals surface area contributed by atoms with Crippen molar-refractivity contribution in [2.45, 2.75) is 42.6 Å². The Hall–Kier alpha value is -2.09. The fraction of sp³-hybridized carbons (Fsp3) is 0.444. The summed E-state index contributed by atoms with van der Waals surface area (Å²) in [7, 11) is 0. The smallest absolute Gasteiger partial charge is 0.352 e. The maximum absolute atomic E-state index is 12.8. The summed E-state index contributed by atoms with van der Waals surface area (Å²) in [5, 5.41) is 25.4. The molecule has 14 heteroatoms. The number of carbonyl (C=O) groups is 3. The van der Waals surface area contributed by atoms with Crippen molar-refractivity contribution in [2.24, 2.45) is 0 Å². The molecule has 0 aliphatic carbocycles. The van der Waals surface area contributed by atoms with Crippen molar-refractivity contribution in [2.75, 3.05) is 11.5 Å². The molecule has 32 heavy (non-hydrogen) atoms. The van der Waals surface area contributed by atoms with Crippen molar-refractivity contribution < 1.29 is 19.5 Å². The number of rotatable bonds is 7. The van der Waals surface area contributed by atoms with Crippen LogP contribution in [0.3, 0.4) is 0 Å². The molecule has 2 aliphatic rings. The molecule has 1 fully saturated rings. The minimum atomic E-state index is -1.16. The molecule has 170 valence electrons. The number of fused-ring (bicyclic) bond motifs is 1. The van der Waals surface area contributed by atoms with E-state index in [2.05, 4.69) is 20.6 Å². The van der Waals surface area contributed by atoms with Crippen LogP contribution in [-0.4, -0.2) is 70.7 Å². The van der Waals surface area contributed by atoms with Crippen LogP contribution in [0.15, 0.2) is 21.8 Å². The minimum Gasteiger partial charge on any atom is -0.477 e. The van der Waals surface area contributed by atoms with E-state index >= 15 is 0 Å². The van der Waals surface area contributed by atoms with E-state index in [0.717, 1.165) is 9.35 Å². The summed E-state index contributed by atoms with van der Waals surface area (Å²) >= 11 is 10.3. The van der Waals surface area contributed by atoms with Crippen molar-refractivity contribution in [1.29, 1.82) is 0 Å². The number of carboxylic acids is 1. The Bertz CT molecular complexity index is 1130. The fourth-order valence-corrected chi connectivity index (χ4v) is 6.89. The van der Waals surface area contributed by atoms with Crippen LogP contribution in [0.4, 0.5) is 0 Å². The predicted molar refractivity (Wildman–Crippen MR) is 122 cm³/mol. The summed E-state index contributed by atoms with van der Waals surface area (Å²) in [4.78, 5) is 38.8. The molecule has 2 aromatic heterocycles. The van der Waals surface area contributed by atoms with E-state index in [0.29, 0.717) is 27.8 Å². The first-order valence-electron chi connectivity index (χ1n) is 9.52. The first-order chi connectivity index (χ1) is 15.2. The minimum absolute atomic E-state index is 0.0132. The summed E-state index contributed by atoms with van der Waals surface area (Å²) in [5.41, 5.74) is 1.28. The first kappa shape index (κ1) is 23.1. The topological polar surface area (TPSA) is 130 Å². The average molecular weight is 515 g/mol. The van der Waals surface area contributed by atoms with E-state index < -0.39 is 29.3 Å². The number of aryl methyl sites for hydroxylation is 1. The zero-order chi connectivity index (χ0) is 23.2. The van der Waals surface area contributed by atoms with Crippen molar-refractivity contribution >= 4 is 64.2 Å². The molecule has 0 spiro atoms. The highest BCUT2D eigenvalue weighted by molar-refractivity contribution is 8.01. The number of hydrogen-bond donors (Lipinski definition) is 2. The fourth-order valence-electron chi connectivity index (χ4n) is 3.46. The van der Waals surface area contributed by atoms with Gasteiger partial charge in [-0.2, -0.15) is 5.10 Å². The number of carboxylic acid groups (broad SMARTS) is 1. The number of halogens is 1. The van der Waals surface area contributed by atoms with Crippen molar-refractivity contribution in [3.63, 3.8) is 0 Å². The molecule has 0 radical (unpaired) electrons. The normalized spacial score (nSPS) is 21.2. The number of β-lactam (4-membered cyclic amide) rings is 1. The maximum Gasteiger partial charge on any atom is 0.352 e. The van der Waals surface area contributed by atoms with Crippen LogP contribution in [0.5, 0.6) is 0 Å². The summed E-state index contributed by atoms with van der Waals surface area (Å²) in [6.07, 6.45) is 1.46. The first-order valence-corrected chi connectivity index (χ1v) is 12.7. The molecule has 0 saturated carbocycles.